The van der Waals surface area contributed by atoms with Gasteiger partial charge in [0, 0.05) is 27.6 Å². The summed E-state index contributed by atoms with van der Waals surface area (Å²) < 4.78 is 1.10. The van der Waals surface area contributed by atoms with Crippen molar-refractivity contribution in [2.75, 3.05) is 17.3 Å². The van der Waals surface area contributed by atoms with E-state index in [-0.39, 0.29) is 5.91 Å². The van der Waals surface area contributed by atoms with Gasteiger partial charge in [0.25, 0.3) is 0 Å². The van der Waals surface area contributed by atoms with Gasteiger partial charge in [0.2, 0.25) is 5.91 Å². The molecule has 1 N–H and O–H groups in total. The lowest BCUT2D eigenvalue weighted by molar-refractivity contribution is -0.121. The molecule has 1 saturated heterocycles. The van der Waals surface area contributed by atoms with Crippen LogP contribution in [0, 0.1) is 0 Å². The molecular formula is C14H18BrNOS2. The number of nitrogens with one attached hydrogen (secondary N) is 1. The third kappa shape index (κ3) is 5.40. The average molecular weight is 360 g/mol. The summed E-state index contributed by atoms with van der Waals surface area (Å²) in [5.41, 5.74) is 0. The molecule has 104 valence electrons. The van der Waals surface area contributed by atoms with Gasteiger partial charge in [0.1, 0.15) is 0 Å². The molecule has 0 unspecified atom stereocenters. The minimum atomic E-state index is 0.191. The van der Waals surface area contributed by atoms with E-state index < -0.39 is 0 Å². The van der Waals surface area contributed by atoms with Crippen molar-refractivity contribution in [3.8, 4) is 0 Å². The summed E-state index contributed by atoms with van der Waals surface area (Å²) in [5, 5.41) is 3.14. The number of amides is 1. The Morgan fingerprint density at radius 1 is 1.37 bits per heavy atom. The molecule has 0 spiro atoms. The number of hydrogen-bond donors (Lipinski definition) is 1. The highest BCUT2D eigenvalue weighted by Gasteiger charge is 2.15. The van der Waals surface area contributed by atoms with Gasteiger partial charge in [-0.2, -0.15) is 11.8 Å². The lowest BCUT2D eigenvalue weighted by Gasteiger charge is -2.22. The van der Waals surface area contributed by atoms with Gasteiger partial charge in [-0.25, -0.2) is 0 Å². The minimum absolute atomic E-state index is 0.191. The van der Waals surface area contributed by atoms with Gasteiger partial charge in [-0.15, -0.1) is 11.8 Å². The van der Waals surface area contributed by atoms with Crippen LogP contribution in [0.5, 0.6) is 0 Å². The van der Waals surface area contributed by atoms with Crippen LogP contribution in [0.3, 0.4) is 0 Å². The molecule has 0 radical (unpaired) electrons. The normalized spacial score (nSPS) is 16.3. The highest BCUT2D eigenvalue weighted by molar-refractivity contribution is 9.10. The van der Waals surface area contributed by atoms with E-state index in [0.717, 1.165) is 23.1 Å². The highest BCUT2D eigenvalue weighted by atomic mass is 79.9. The molecule has 0 atom stereocenters. The van der Waals surface area contributed by atoms with Crippen molar-refractivity contribution < 1.29 is 4.79 Å². The molecule has 1 heterocycles. The predicted molar refractivity (Wildman–Crippen MR) is 88.0 cm³/mol. The van der Waals surface area contributed by atoms with Gasteiger partial charge < -0.3 is 5.32 Å². The lowest BCUT2D eigenvalue weighted by Crippen LogP contribution is -2.37. The summed E-state index contributed by atoms with van der Waals surface area (Å²) in [5.74, 6) is 3.37. The Labute approximate surface area is 131 Å². The maximum Gasteiger partial charge on any atom is 0.221 e. The Bertz CT molecular complexity index is 422. The molecule has 0 bridgehead atoms. The summed E-state index contributed by atoms with van der Waals surface area (Å²) in [6.07, 6.45) is 2.83. The fraction of sp³-hybridized carbons (Fsp3) is 0.500. The van der Waals surface area contributed by atoms with Crippen LogP contribution in [0.2, 0.25) is 0 Å². The molecule has 0 aromatic heterocycles. The van der Waals surface area contributed by atoms with Crippen molar-refractivity contribution in [3.05, 3.63) is 28.7 Å². The van der Waals surface area contributed by atoms with Crippen LogP contribution in [0.1, 0.15) is 19.3 Å². The molecule has 2 nitrogen and oxygen atoms in total. The van der Waals surface area contributed by atoms with E-state index in [1.54, 1.807) is 11.8 Å². The van der Waals surface area contributed by atoms with Gasteiger partial charge in [-0.05, 0) is 52.4 Å². The largest absolute Gasteiger partial charge is 0.353 e. The first-order valence-corrected chi connectivity index (χ1v) is 9.43. The lowest BCUT2D eigenvalue weighted by atomic mass is 10.1. The summed E-state index contributed by atoms with van der Waals surface area (Å²) in [4.78, 5) is 13.0. The molecule has 1 aromatic carbocycles. The van der Waals surface area contributed by atoms with Crippen LogP contribution in [-0.2, 0) is 4.79 Å². The van der Waals surface area contributed by atoms with Gasteiger partial charge in [0.05, 0.1) is 0 Å². The Morgan fingerprint density at radius 2 is 2.11 bits per heavy atom. The molecular weight excluding hydrogens is 342 g/mol. The predicted octanol–water partition coefficient (Wildman–Crippen LogP) is 3.94. The fourth-order valence-corrected chi connectivity index (χ4v) is 4.58. The molecule has 1 amide bonds. The Kier molecular flexibility index (Phi) is 6.61. The van der Waals surface area contributed by atoms with E-state index in [9.17, 15) is 4.79 Å². The molecule has 0 saturated carbocycles. The summed E-state index contributed by atoms with van der Waals surface area (Å²) in [6, 6.07) is 8.53. The molecule has 0 aliphatic carbocycles. The number of halogens is 1. The van der Waals surface area contributed by atoms with Crippen LogP contribution in [0.4, 0.5) is 0 Å². The number of carbonyl (C=O) groups excluding carboxylic acids is 1. The zero-order chi connectivity index (χ0) is 13.5. The smallest absolute Gasteiger partial charge is 0.221 e. The first kappa shape index (κ1) is 15.3. The van der Waals surface area contributed by atoms with E-state index in [4.69, 9.17) is 0 Å². The van der Waals surface area contributed by atoms with Gasteiger partial charge in [-0.3, -0.25) is 4.79 Å². The standard InChI is InChI=1S/C14H18BrNOS2/c15-12-3-1-2-4-13(12)19-10-7-14(17)16-11-5-8-18-9-6-11/h1-4,11H,5-10H2,(H,16,17). The molecule has 1 aliphatic rings. The average Bonchev–Trinajstić information content (AvgIpc) is 2.42. The van der Waals surface area contributed by atoms with Crippen molar-refractivity contribution >= 4 is 45.4 Å². The molecule has 1 aliphatic heterocycles. The van der Waals surface area contributed by atoms with Gasteiger partial charge in [0.15, 0.2) is 0 Å². The third-order valence-electron chi connectivity index (χ3n) is 3.01. The van der Waals surface area contributed by atoms with Crippen LogP contribution < -0.4 is 5.32 Å². The maximum atomic E-state index is 11.8. The SMILES string of the molecule is O=C(CCSc1ccccc1Br)NC1CCSCC1. The van der Waals surface area contributed by atoms with Crippen molar-refractivity contribution in [3.63, 3.8) is 0 Å². The first-order valence-electron chi connectivity index (χ1n) is 6.50. The number of benzene rings is 1. The second-order valence-electron chi connectivity index (χ2n) is 4.48. The van der Waals surface area contributed by atoms with E-state index in [1.165, 1.54) is 16.4 Å². The third-order valence-corrected chi connectivity index (χ3v) is 6.09. The molecule has 1 fully saturated rings. The Hall–Kier alpha value is -0.130. The highest BCUT2D eigenvalue weighted by Crippen LogP contribution is 2.27. The van der Waals surface area contributed by atoms with Crippen molar-refractivity contribution in [2.45, 2.75) is 30.2 Å². The first-order chi connectivity index (χ1) is 9.25. The van der Waals surface area contributed by atoms with Crippen molar-refractivity contribution in [2.24, 2.45) is 0 Å². The van der Waals surface area contributed by atoms with Crippen LogP contribution >= 0.6 is 39.5 Å². The molecule has 1 aromatic rings. The summed E-state index contributed by atoms with van der Waals surface area (Å²) >= 11 is 7.23. The van der Waals surface area contributed by atoms with Gasteiger partial charge in [-0.1, -0.05) is 12.1 Å². The number of thioether (sulfide) groups is 2. The quantitative estimate of drug-likeness (QED) is 0.807. The molecule has 19 heavy (non-hydrogen) atoms. The molecule has 2 rings (SSSR count). The van der Waals surface area contributed by atoms with E-state index in [1.807, 2.05) is 30.0 Å². The zero-order valence-electron chi connectivity index (χ0n) is 10.7. The van der Waals surface area contributed by atoms with Crippen LogP contribution in [0.15, 0.2) is 33.6 Å². The zero-order valence-corrected chi connectivity index (χ0v) is 14.0. The van der Waals surface area contributed by atoms with Gasteiger partial charge >= 0.3 is 0 Å². The van der Waals surface area contributed by atoms with E-state index in [2.05, 4.69) is 27.3 Å². The minimum Gasteiger partial charge on any atom is -0.353 e. The Morgan fingerprint density at radius 3 is 2.84 bits per heavy atom. The second-order valence-corrected chi connectivity index (χ2v) is 7.70. The van der Waals surface area contributed by atoms with Crippen molar-refractivity contribution in [1.29, 1.82) is 0 Å². The van der Waals surface area contributed by atoms with Crippen LogP contribution in [0.25, 0.3) is 0 Å². The fourth-order valence-electron chi connectivity index (χ4n) is 1.96. The summed E-state index contributed by atoms with van der Waals surface area (Å²) in [7, 11) is 0. The summed E-state index contributed by atoms with van der Waals surface area (Å²) in [6.45, 7) is 0. The maximum absolute atomic E-state index is 11.8. The van der Waals surface area contributed by atoms with Crippen molar-refractivity contribution in [1.82, 2.24) is 5.32 Å². The second kappa shape index (κ2) is 8.22. The number of rotatable bonds is 5. The number of hydrogen-bond acceptors (Lipinski definition) is 3. The van der Waals surface area contributed by atoms with E-state index >= 15 is 0 Å². The van der Waals surface area contributed by atoms with E-state index in [0.29, 0.717) is 12.5 Å². The molecule has 5 heteroatoms. The monoisotopic (exact) mass is 359 g/mol. The topological polar surface area (TPSA) is 29.1 Å². The van der Waals surface area contributed by atoms with Crippen LogP contribution in [-0.4, -0.2) is 29.2 Å². The number of carbonyl (C=O) groups is 1. The Balaban J connectivity index is 1.67.